The molecule has 0 radical (unpaired) electrons. The van der Waals surface area contributed by atoms with E-state index >= 15 is 0 Å². The highest BCUT2D eigenvalue weighted by molar-refractivity contribution is 6.28. The fourth-order valence-electron chi connectivity index (χ4n) is 2.61. The molecule has 5 nitrogen and oxygen atoms in total. The van der Waals surface area contributed by atoms with E-state index in [2.05, 4.69) is 15.1 Å². The van der Waals surface area contributed by atoms with Gasteiger partial charge in [0.15, 0.2) is 5.65 Å². The molecule has 3 rings (SSSR count). The van der Waals surface area contributed by atoms with E-state index in [-0.39, 0.29) is 11.3 Å². The van der Waals surface area contributed by atoms with E-state index in [4.69, 9.17) is 11.6 Å². The highest BCUT2D eigenvalue weighted by Crippen LogP contribution is 2.33. The first kappa shape index (κ1) is 17.5. The first-order valence-corrected chi connectivity index (χ1v) is 7.81. The van der Waals surface area contributed by atoms with Crippen molar-refractivity contribution < 1.29 is 13.2 Å². The molecule has 1 unspecified atom stereocenters. The molecule has 0 saturated heterocycles. The van der Waals surface area contributed by atoms with Gasteiger partial charge in [-0.3, -0.25) is 4.68 Å². The smallest absolute Gasteiger partial charge is 0.352 e. The molecule has 0 aliphatic rings. The molecule has 9 heteroatoms. The van der Waals surface area contributed by atoms with Crippen molar-refractivity contribution in [3.05, 3.63) is 46.9 Å². The molecule has 2 aromatic heterocycles. The number of hydrogen-bond donors (Lipinski definition) is 0. The quantitative estimate of drug-likeness (QED) is 0.648. The number of anilines is 1. The van der Waals surface area contributed by atoms with Gasteiger partial charge in [0, 0.05) is 14.1 Å². The summed E-state index contributed by atoms with van der Waals surface area (Å²) in [5.41, 5.74) is 0.634. The average Bonchev–Trinajstić information content (AvgIpc) is 2.93. The summed E-state index contributed by atoms with van der Waals surface area (Å²) in [5, 5.41) is 4.95. The van der Waals surface area contributed by atoms with Crippen LogP contribution in [0.25, 0.3) is 11.0 Å². The number of alkyl halides is 3. The standard InChI is InChI=1S/C16H15ClF3N5/c1-9(10-4-6-11(7-5-10)16(18,19)20)24(2)13-12-8-21-25(3)14(12)23-15(17)22-13/h4-9H,1-3H3. The Morgan fingerprint density at radius 3 is 2.40 bits per heavy atom. The SMILES string of the molecule is CC(c1ccc(C(F)(F)F)cc1)N(C)c1nc(Cl)nc2c1cnn2C. The fraction of sp³-hybridized carbons (Fsp3) is 0.312. The van der Waals surface area contributed by atoms with Gasteiger partial charge in [-0.05, 0) is 36.2 Å². The zero-order chi connectivity index (χ0) is 18.4. The third-order valence-electron chi connectivity index (χ3n) is 4.18. The minimum absolute atomic E-state index is 0.0811. The Morgan fingerprint density at radius 1 is 1.16 bits per heavy atom. The number of aromatic nitrogens is 4. The molecule has 3 aromatic rings. The van der Waals surface area contributed by atoms with Crippen molar-refractivity contribution in [2.24, 2.45) is 7.05 Å². The Labute approximate surface area is 147 Å². The monoisotopic (exact) mass is 369 g/mol. The van der Waals surface area contributed by atoms with Crippen molar-refractivity contribution in [3.8, 4) is 0 Å². The van der Waals surface area contributed by atoms with Crippen LogP contribution in [0, 0.1) is 0 Å². The van der Waals surface area contributed by atoms with Gasteiger partial charge in [0.1, 0.15) is 5.82 Å². The molecule has 2 heterocycles. The number of hydrogen-bond acceptors (Lipinski definition) is 4. The van der Waals surface area contributed by atoms with Crippen molar-refractivity contribution in [2.45, 2.75) is 19.1 Å². The number of benzene rings is 1. The lowest BCUT2D eigenvalue weighted by Gasteiger charge is -2.27. The normalized spacial score (nSPS) is 13.2. The van der Waals surface area contributed by atoms with Gasteiger partial charge < -0.3 is 4.90 Å². The molecule has 0 amide bonds. The van der Waals surface area contributed by atoms with Crippen molar-refractivity contribution in [1.29, 1.82) is 0 Å². The summed E-state index contributed by atoms with van der Waals surface area (Å²) in [6.45, 7) is 1.88. The van der Waals surface area contributed by atoms with Crippen LogP contribution in [-0.4, -0.2) is 26.8 Å². The second kappa shape index (κ2) is 6.18. The summed E-state index contributed by atoms with van der Waals surface area (Å²) in [5.74, 6) is 0.565. The largest absolute Gasteiger partial charge is 0.416 e. The second-order valence-electron chi connectivity index (χ2n) is 5.73. The second-order valence-corrected chi connectivity index (χ2v) is 6.07. The Kier molecular flexibility index (Phi) is 4.32. The van der Waals surface area contributed by atoms with Crippen LogP contribution >= 0.6 is 11.6 Å². The predicted octanol–water partition coefficient (Wildman–Crippen LogP) is 4.23. The van der Waals surface area contributed by atoms with Crippen molar-refractivity contribution in [3.63, 3.8) is 0 Å². The molecule has 0 bridgehead atoms. The Hall–Kier alpha value is -2.35. The topological polar surface area (TPSA) is 46.8 Å². The van der Waals surface area contributed by atoms with Gasteiger partial charge in [-0.2, -0.15) is 28.2 Å². The van der Waals surface area contributed by atoms with E-state index in [0.29, 0.717) is 16.9 Å². The summed E-state index contributed by atoms with van der Waals surface area (Å²) in [6, 6.07) is 4.86. The average molecular weight is 370 g/mol. The van der Waals surface area contributed by atoms with E-state index < -0.39 is 11.7 Å². The zero-order valence-corrected chi connectivity index (χ0v) is 14.5. The minimum Gasteiger partial charge on any atom is -0.352 e. The molecule has 132 valence electrons. The van der Waals surface area contributed by atoms with Crippen LogP contribution in [0.5, 0.6) is 0 Å². The summed E-state index contributed by atoms with van der Waals surface area (Å²) >= 11 is 6.00. The molecule has 0 saturated carbocycles. The molecular weight excluding hydrogens is 355 g/mol. The molecule has 1 atom stereocenters. The van der Waals surface area contributed by atoms with Gasteiger partial charge in [0.25, 0.3) is 0 Å². The van der Waals surface area contributed by atoms with Crippen LogP contribution in [0.4, 0.5) is 19.0 Å². The van der Waals surface area contributed by atoms with E-state index in [0.717, 1.165) is 17.7 Å². The number of halogens is 4. The minimum atomic E-state index is -4.35. The highest BCUT2D eigenvalue weighted by atomic mass is 35.5. The molecule has 0 fully saturated rings. The van der Waals surface area contributed by atoms with Gasteiger partial charge in [0.05, 0.1) is 23.2 Å². The molecular formula is C16H15ClF3N5. The van der Waals surface area contributed by atoms with Crippen LogP contribution in [0.15, 0.2) is 30.5 Å². The maximum Gasteiger partial charge on any atom is 0.416 e. The third kappa shape index (κ3) is 3.26. The maximum atomic E-state index is 12.7. The maximum absolute atomic E-state index is 12.7. The molecule has 1 aromatic carbocycles. The molecule has 0 aliphatic heterocycles. The van der Waals surface area contributed by atoms with Crippen molar-refractivity contribution >= 4 is 28.5 Å². The lowest BCUT2D eigenvalue weighted by molar-refractivity contribution is -0.137. The summed E-state index contributed by atoms with van der Waals surface area (Å²) in [6.07, 6.45) is -2.72. The molecule has 25 heavy (non-hydrogen) atoms. The lowest BCUT2D eigenvalue weighted by Crippen LogP contribution is -2.23. The fourth-order valence-corrected chi connectivity index (χ4v) is 2.77. The van der Waals surface area contributed by atoms with Crippen LogP contribution < -0.4 is 4.90 Å². The van der Waals surface area contributed by atoms with Crippen LogP contribution in [0.1, 0.15) is 24.1 Å². The number of nitrogens with zero attached hydrogens (tertiary/aromatic N) is 5. The van der Waals surface area contributed by atoms with Gasteiger partial charge >= 0.3 is 6.18 Å². The Bertz CT molecular complexity index is 905. The predicted molar refractivity (Wildman–Crippen MR) is 89.6 cm³/mol. The van der Waals surface area contributed by atoms with Crippen molar-refractivity contribution in [2.75, 3.05) is 11.9 Å². The Balaban J connectivity index is 1.97. The van der Waals surface area contributed by atoms with E-state index in [1.165, 1.54) is 12.1 Å². The molecule has 0 spiro atoms. The first-order valence-electron chi connectivity index (χ1n) is 7.43. The lowest BCUT2D eigenvalue weighted by atomic mass is 10.0. The molecule has 0 aliphatic carbocycles. The van der Waals surface area contributed by atoms with Gasteiger partial charge in [-0.25, -0.2) is 0 Å². The number of fused-ring (bicyclic) bond motifs is 1. The molecule has 0 N–H and O–H groups in total. The summed E-state index contributed by atoms with van der Waals surface area (Å²) < 4.78 is 39.7. The Morgan fingerprint density at radius 2 is 1.80 bits per heavy atom. The first-order chi connectivity index (χ1) is 11.7. The van der Waals surface area contributed by atoms with Gasteiger partial charge in [0.2, 0.25) is 5.28 Å². The van der Waals surface area contributed by atoms with Crippen LogP contribution in [0.3, 0.4) is 0 Å². The summed E-state index contributed by atoms with van der Waals surface area (Å²) in [7, 11) is 3.54. The van der Waals surface area contributed by atoms with Crippen molar-refractivity contribution in [1.82, 2.24) is 19.7 Å². The van der Waals surface area contributed by atoms with Gasteiger partial charge in [-0.1, -0.05) is 12.1 Å². The third-order valence-corrected chi connectivity index (χ3v) is 4.35. The van der Waals surface area contributed by atoms with Gasteiger partial charge in [-0.15, -0.1) is 0 Å². The summed E-state index contributed by atoms with van der Waals surface area (Å²) in [4.78, 5) is 10.3. The van der Waals surface area contributed by atoms with E-state index in [9.17, 15) is 13.2 Å². The van der Waals surface area contributed by atoms with E-state index in [1.54, 1.807) is 25.0 Å². The number of aryl methyl sites for hydroxylation is 1. The number of rotatable bonds is 3. The zero-order valence-electron chi connectivity index (χ0n) is 13.7. The van der Waals surface area contributed by atoms with E-state index in [1.807, 2.05) is 11.8 Å². The van der Waals surface area contributed by atoms with Crippen LogP contribution in [-0.2, 0) is 13.2 Å². The van der Waals surface area contributed by atoms with Crippen LogP contribution in [0.2, 0.25) is 5.28 Å². The highest BCUT2D eigenvalue weighted by Gasteiger charge is 2.30.